The minimum absolute atomic E-state index is 0.420. The number of hydrogen-bond donors (Lipinski definition) is 0. The second-order valence-corrected chi connectivity index (χ2v) is 7.09. The first-order valence-electron chi connectivity index (χ1n) is 9.31. The van der Waals surface area contributed by atoms with Gasteiger partial charge in [0.15, 0.2) is 0 Å². The Balaban J connectivity index is 1.78. The first kappa shape index (κ1) is 18.8. The molecule has 0 fully saturated rings. The van der Waals surface area contributed by atoms with Crippen LogP contribution in [0.15, 0.2) is 91.0 Å². The van der Waals surface area contributed by atoms with Crippen LogP contribution in [-0.4, -0.2) is 0 Å². The molecule has 0 amide bonds. The van der Waals surface area contributed by atoms with E-state index in [2.05, 4.69) is 18.2 Å². The predicted octanol–water partition coefficient (Wildman–Crippen LogP) is 7.14. The number of allylic oxidation sites excluding steroid dienone is 1. The van der Waals surface area contributed by atoms with Crippen molar-refractivity contribution in [2.75, 3.05) is 0 Å². The van der Waals surface area contributed by atoms with Crippen molar-refractivity contribution in [3.8, 4) is 11.8 Å². The largest absolute Gasteiger partial charge is 0.488 e. The van der Waals surface area contributed by atoms with Crippen LogP contribution < -0.4 is 4.74 Å². The summed E-state index contributed by atoms with van der Waals surface area (Å²) < 4.78 is 6.16. The van der Waals surface area contributed by atoms with E-state index in [0.717, 1.165) is 33.2 Å². The first-order chi connectivity index (χ1) is 14.2. The van der Waals surface area contributed by atoms with Crippen molar-refractivity contribution in [2.24, 2.45) is 0 Å². The highest BCUT2D eigenvalue weighted by Gasteiger charge is 2.10. The molecule has 0 aliphatic heterocycles. The molecule has 0 aliphatic rings. The van der Waals surface area contributed by atoms with Crippen molar-refractivity contribution < 1.29 is 4.74 Å². The third-order valence-electron chi connectivity index (χ3n) is 4.73. The Bertz CT molecular complexity index is 1210. The molecule has 140 valence electrons. The van der Waals surface area contributed by atoms with E-state index in [-0.39, 0.29) is 0 Å². The summed E-state index contributed by atoms with van der Waals surface area (Å²) in [4.78, 5) is 0. The molecular weight excluding hydrogens is 378 g/mol. The summed E-state index contributed by atoms with van der Waals surface area (Å²) in [7, 11) is 0. The topological polar surface area (TPSA) is 33.0 Å². The summed E-state index contributed by atoms with van der Waals surface area (Å²) in [6.07, 6.45) is 1.91. The minimum atomic E-state index is 0.420. The van der Waals surface area contributed by atoms with E-state index in [1.807, 2.05) is 84.9 Å². The van der Waals surface area contributed by atoms with E-state index < -0.39 is 0 Å². The predicted molar refractivity (Wildman–Crippen MR) is 120 cm³/mol. The monoisotopic (exact) mass is 395 g/mol. The molecule has 2 nitrogen and oxygen atoms in total. The average molecular weight is 396 g/mol. The lowest BCUT2D eigenvalue weighted by Crippen LogP contribution is -1.98. The van der Waals surface area contributed by atoms with Gasteiger partial charge in [0.2, 0.25) is 0 Å². The van der Waals surface area contributed by atoms with Gasteiger partial charge in [-0.05, 0) is 46.2 Å². The van der Waals surface area contributed by atoms with E-state index in [0.29, 0.717) is 17.2 Å². The number of benzene rings is 4. The molecular formula is C26H18ClNO. The van der Waals surface area contributed by atoms with Crippen LogP contribution in [0.1, 0.15) is 16.7 Å². The van der Waals surface area contributed by atoms with Crippen molar-refractivity contribution in [2.45, 2.75) is 6.61 Å². The van der Waals surface area contributed by atoms with Gasteiger partial charge in [0.25, 0.3) is 0 Å². The molecule has 4 rings (SSSR count). The fraction of sp³-hybridized carbons (Fsp3) is 0.0385. The quantitative estimate of drug-likeness (QED) is 0.266. The molecule has 0 atom stereocenters. The number of fused-ring (bicyclic) bond motifs is 1. The van der Waals surface area contributed by atoms with Crippen molar-refractivity contribution in [1.29, 1.82) is 5.26 Å². The van der Waals surface area contributed by atoms with Crippen molar-refractivity contribution in [3.05, 3.63) is 113 Å². The van der Waals surface area contributed by atoms with Gasteiger partial charge < -0.3 is 4.74 Å². The van der Waals surface area contributed by atoms with Crippen LogP contribution >= 0.6 is 11.6 Å². The lowest BCUT2D eigenvalue weighted by molar-refractivity contribution is 0.306. The Morgan fingerprint density at radius 1 is 0.862 bits per heavy atom. The molecule has 4 aromatic carbocycles. The van der Waals surface area contributed by atoms with Crippen LogP contribution in [0.4, 0.5) is 0 Å². The lowest BCUT2D eigenvalue weighted by atomic mass is 9.98. The molecule has 0 aromatic heterocycles. The molecule has 0 saturated heterocycles. The zero-order chi connectivity index (χ0) is 20.1. The molecule has 0 radical (unpaired) electrons. The Labute approximate surface area is 175 Å². The van der Waals surface area contributed by atoms with Gasteiger partial charge in [-0.2, -0.15) is 5.26 Å². The molecule has 0 aliphatic carbocycles. The number of nitrogens with zero attached hydrogens (tertiary/aromatic N) is 1. The van der Waals surface area contributed by atoms with Crippen molar-refractivity contribution in [1.82, 2.24) is 0 Å². The maximum absolute atomic E-state index is 9.77. The maximum Gasteiger partial charge on any atom is 0.127 e. The molecule has 0 unspecified atom stereocenters. The fourth-order valence-corrected chi connectivity index (χ4v) is 3.36. The van der Waals surface area contributed by atoms with Crippen LogP contribution in [0.5, 0.6) is 5.75 Å². The Hall–Kier alpha value is -3.54. The van der Waals surface area contributed by atoms with Crippen molar-refractivity contribution in [3.63, 3.8) is 0 Å². The Kier molecular flexibility index (Phi) is 5.61. The number of nitriles is 1. The summed E-state index contributed by atoms with van der Waals surface area (Å²) in [5, 5.41) is 12.6. The average Bonchev–Trinajstić information content (AvgIpc) is 2.78. The van der Waals surface area contributed by atoms with Gasteiger partial charge in [-0.1, -0.05) is 84.4 Å². The second-order valence-electron chi connectivity index (χ2n) is 6.65. The highest BCUT2D eigenvalue weighted by Crippen LogP contribution is 2.32. The Morgan fingerprint density at radius 2 is 1.59 bits per heavy atom. The van der Waals surface area contributed by atoms with Gasteiger partial charge in [-0.3, -0.25) is 0 Å². The summed E-state index contributed by atoms with van der Waals surface area (Å²) in [5.74, 6) is 0.738. The molecule has 0 spiro atoms. The van der Waals surface area contributed by atoms with E-state index in [1.54, 1.807) is 0 Å². The van der Waals surface area contributed by atoms with Crippen molar-refractivity contribution >= 4 is 34.0 Å². The smallest absolute Gasteiger partial charge is 0.127 e. The summed E-state index contributed by atoms with van der Waals surface area (Å²) in [6.45, 7) is 0.420. The van der Waals surface area contributed by atoms with Crippen LogP contribution in [0.25, 0.3) is 22.4 Å². The standard InChI is InChI=1S/C26H18ClNO/c27-23-13-10-19(11-14-23)18-29-26-15-12-21-8-4-5-9-24(21)25(26)16-22(17-28)20-6-2-1-3-7-20/h1-16H,18H2/b22-16+. The molecule has 0 saturated carbocycles. The van der Waals surface area contributed by atoms with Gasteiger partial charge in [-0.25, -0.2) is 0 Å². The zero-order valence-corrected chi connectivity index (χ0v) is 16.4. The van der Waals surface area contributed by atoms with E-state index in [1.165, 1.54) is 0 Å². The third kappa shape index (κ3) is 4.32. The maximum atomic E-state index is 9.77. The van der Waals surface area contributed by atoms with Crippen LogP contribution in [0.2, 0.25) is 5.02 Å². The van der Waals surface area contributed by atoms with Gasteiger partial charge in [0.05, 0.1) is 11.6 Å². The van der Waals surface area contributed by atoms with Gasteiger partial charge >= 0.3 is 0 Å². The van der Waals surface area contributed by atoms with Crippen LogP contribution in [-0.2, 0) is 6.61 Å². The van der Waals surface area contributed by atoms with E-state index in [4.69, 9.17) is 16.3 Å². The molecule has 0 N–H and O–H groups in total. The molecule has 4 aromatic rings. The highest BCUT2D eigenvalue weighted by atomic mass is 35.5. The van der Waals surface area contributed by atoms with Gasteiger partial charge in [0, 0.05) is 10.6 Å². The molecule has 0 bridgehead atoms. The van der Waals surface area contributed by atoms with E-state index >= 15 is 0 Å². The Morgan fingerprint density at radius 3 is 2.34 bits per heavy atom. The molecule has 0 heterocycles. The van der Waals surface area contributed by atoms with Crippen LogP contribution in [0, 0.1) is 11.3 Å². The number of hydrogen-bond acceptors (Lipinski definition) is 2. The van der Waals surface area contributed by atoms with Gasteiger partial charge in [0.1, 0.15) is 12.4 Å². The normalized spacial score (nSPS) is 11.2. The summed E-state index contributed by atoms with van der Waals surface area (Å²) >= 11 is 5.97. The number of ether oxygens (including phenoxy) is 1. The third-order valence-corrected chi connectivity index (χ3v) is 4.98. The zero-order valence-electron chi connectivity index (χ0n) is 15.7. The fourth-order valence-electron chi connectivity index (χ4n) is 3.23. The summed E-state index contributed by atoms with van der Waals surface area (Å²) in [5.41, 5.74) is 3.41. The minimum Gasteiger partial charge on any atom is -0.488 e. The number of halogens is 1. The van der Waals surface area contributed by atoms with E-state index in [9.17, 15) is 5.26 Å². The highest BCUT2D eigenvalue weighted by molar-refractivity contribution is 6.30. The second kappa shape index (κ2) is 8.65. The molecule has 29 heavy (non-hydrogen) atoms. The summed E-state index contributed by atoms with van der Waals surface area (Å²) in [6, 6.07) is 31.7. The molecule has 3 heteroatoms. The van der Waals surface area contributed by atoms with Crippen LogP contribution in [0.3, 0.4) is 0 Å². The first-order valence-corrected chi connectivity index (χ1v) is 9.68. The number of rotatable bonds is 5. The van der Waals surface area contributed by atoms with Gasteiger partial charge in [-0.15, -0.1) is 0 Å². The lowest BCUT2D eigenvalue weighted by Gasteiger charge is -2.13. The SMILES string of the molecule is N#C/C(=C\c1c(OCc2ccc(Cl)cc2)ccc2ccccc12)c1ccccc1.